The van der Waals surface area contributed by atoms with Crippen LogP contribution in [-0.2, 0) is 0 Å². The maximum Gasteiger partial charge on any atom is 0.0706 e. The van der Waals surface area contributed by atoms with Gasteiger partial charge < -0.3 is 11.1 Å². The van der Waals surface area contributed by atoms with E-state index in [1.807, 2.05) is 51.4 Å². The first-order valence-electron chi connectivity index (χ1n) is 5.97. The maximum absolute atomic E-state index is 5.75. The Labute approximate surface area is 109 Å². The lowest BCUT2D eigenvalue weighted by Crippen LogP contribution is -2.06. The van der Waals surface area contributed by atoms with Crippen molar-refractivity contribution in [2.24, 2.45) is 10.7 Å². The Bertz CT molecular complexity index is 481. The van der Waals surface area contributed by atoms with Gasteiger partial charge >= 0.3 is 0 Å². The molecule has 0 radical (unpaired) electrons. The van der Waals surface area contributed by atoms with Gasteiger partial charge in [-0.05, 0) is 36.6 Å². The molecule has 18 heavy (non-hydrogen) atoms. The normalized spacial score (nSPS) is 11.0. The molecule has 0 aliphatic heterocycles. The largest absolute Gasteiger partial charge is 0.394 e. The van der Waals surface area contributed by atoms with E-state index in [2.05, 4.69) is 16.9 Å². The number of nitrogens with one attached hydrogen (secondary N) is 1. The molecular formula is C15H21N3. The summed E-state index contributed by atoms with van der Waals surface area (Å²) in [6.45, 7) is 8.26. The summed E-state index contributed by atoms with van der Waals surface area (Å²) in [5, 5.41) is 3.01. The molecule has 0 saturated heterocycles. The van der Waals surface area contributed by atoms with E-state index in [0.717, 1.165) is 28.1 Å². The van der Waals surface area contributed by atoms with E-state index in [0.29, 0.717) is 6.54 Å². The Morgan fingerprint density at radius 3 is 2.67 bits per heavy atom. The second kappa shape index (κ2) is 6.77. The summed E-state index contributed by atoms with van der Waals surface area (Å²) in [7, 11) is 1.86. The van der Waals surface area contributed by atoms with E-state index in [4.69, 9.17) is 5.73 Å². The summed E-state index contributed by atoms with van der Waals surface area (Å²) >= 11 is 0. The second-order valence-electron chi connectivity index (χ2n) is 4.20. The van der Waals surface area contributed by atoms with E-state index < -0.39 is 0 Å². The van der Waals surface area contributed by atoms with E-state index in [9.17, 15) is 0 Å². The van der Waals surface area contributed by atoms with Crippen LogP contribution in [0.2, 0.25) is 0 Å². The molecule has 3 heteroatoms. The minimum absolute atomic E-state index is 0.489. The number of rotatable bonds is 5. The fourth-order valence-corrected chi connectivity index (χ4v) is 1.69. The van der Waals surface area contributed by atoms with E-state index in [-0.39, 0.29) is 0 Å². The van der Waals surface area contributed by atoms with Crippen LogP contribution in [0.4, 0.5) is 5.69 Å². The molecule has 3 nitrogen and oxygen atoms in total. The maximum atomic E-state index is 5.75. The Morgan fingerprint density at radius 1 is 1.44 bits per heavy atom. The van der Waals surface area contributed by atoms with Gasteiger partial charge in [-0.3, -0.25) is 4.99 Å². The third-order valence-electron chi connectivity index (χ3n) is 2.50. The molecule has 0 fully saturated rings. The Hall–Kier alpha value is -1.87. The average Bonchev–Trinajstić information content (AvgIpc) is 2.35. The van der Waals surface area contributed by atoms with Crippen molar-refractivity contribution >= 4 is 23.0 Å². The van der Waals surface area contributed by atoms with Gasteiger partial charge in [0, 0.05) is 25.5 Å². The van der Waals surface area contributed by atoms with Gasteiger partial charge in [-0.2, -0.15) is 0 Å². The highest BCUT2D eigenvalue weighted by atomic mass is 14.8. The van der Waals surface area contributed by atoms with Gasteiger partial charge in [0.25, 0.3) is 0 Å². The summed E-state index contributed by atoms with van der Waals surface area (Å²) in [6.07, 6.45) is 3.73. The first-order valence-corrected chi connectivity index (χ1v) is 5.97. The summed E-state index contributed by atoms with van der Waals surface area (Å²) in [5.74, 6) is 0. The monoisotopic (exact) mass is 243 g/mol. The second-order valence-corrected chi connectivity index (χ2v) is 4.20. The van der Waals surface area contributed by atoms with Gasteiger partial charge in [0.1, 0.15) is 0 Å². The van der Waals surface area contributed by atoms with Crippen molar-refractivity contribution in [3.8, 4) is 0 Å². The van der Waals surface area contributed by atoms with E-state index >= 15 is 0 Å². The van der Waals surface area contributed by atoms with Gasteiger partial charge in [-0.1, -0.05) is 24.8 Å². The molecule has 0 bridgehead atoms. The van der Waals surface area contributed by atoms with E-state index in [1.54, 1.807) is 0 Å². The molecule has 0 aromatic heterocycles. The zero-order valence-corrected chi connectivity index (χ0v) is 11.3. The van der Waals surface area contributed by atoms with Gasteiger partial charge in [0.2, 0.25) is 0 Å². The standard InChI is InChI=1S/C15H21N3/c1-5-12-6-7-13(14(9-16)10-17-4)8-15(12)18-11(2)3/h5-8,10,17H,1,9,16H2,2-4H3/b14-10+. The topological polar surface area (TPSA) is 50.4 Å². The lowest BCUT2D eigenvalue weighted by molar-refractivity contribution is 1.09. The zero-order chi connectivity index (χ0) is 13.5. The molecule has 0 saturated carbocycles. The van der Waals surface area contributed by atoms with Crippen LogP contribution in [0.3, 0.4) is 0 Å². The van der Waals surface area contributed by atoms with E-state index in [1.165, 1.54) is 0 Å². The fourth-order valence-electron chi connectivity index (χ4n) is 1.69. The van der Waals surface area contributed by atoms with Crippen molar-refractivity contribution in [1.29, 1.82) is 0 Å². The van der Waals surface area contributed by atoms with Crippen molar-refractivity contribution in [1.82, 2.24) is 5.32 Å². The lowest BCUT2D eigenvalue weighted by atomic mass is 10.0. The van der Waals surface area contributed by atoms with Crippen molar-refractivity contribution in [3.63, 3.8) is 0 Å². The first-order chi connectivity index (χ1) is 8.62. The minimum atomic E-state index is 0.489. The predicted molar refractivity (Wildman–Crippen MR) is 81.1 cm³/mol. The van der Waals surface area contributed by atoms with Crippen LogP contribution >= 0.6 is 0 Å². The molecule has 0 unspecified atom stereocenters. The predicted octanol–water partition coefficient (Wildman–Crippen LogP) is 2.96. The van der Waals surface area contributed by atoms with Crippen molar-refractivity contribution < 1.29 is 0 Å². The summed E-state index contributed by atoms with van der Waals surface area (Å²) < 4.78 is 0. The van der Waals surface area contributed by atoms with Gasteiger partial charge in [-0.25, -0.2) is 0 Å². The molecule has 0 aliphatic rings. The molecule has 96 valence electrons. The van der Waals surface area contributed by atoms with Crippen LogP contribution < -0.4 is 11.1 Å². The summed E-state index contributed by atoms with van der Waals surface area (Å²) in [5.41, 5.74) is 10.9. The van der Waals surface area contributed by atoms with Crippen molar-refractivity contribution in [2.45, 2.75) is 13.8 Å². The number of nitrogens with zero attached hydrogens (tertiary/aromatic N) is 1. The average molecular weight is 243 g/mol. The molecule has 1 aromatic carbocycles. The number of hydrogen-bond donors (Lipinski definition) is 2. The Balaban J connectivity index is 3.29. The lowest BCUT2D eigenvalue weighted by Gasteiger charge is -2.09. The quantitative estimate of drug-likeness (QED) is 0.781. The summed E-state index contributed by atoms with van der Waals surface area (Å²) in [6, 6.07) is 6.10. The van der Waals surface area contributed by atoms with Crippen molar-refractivity contribution in [2.75, 3.05) is 13.6 Å². The van der Waals surface area contributed by atoms with Crippen LogP contribution in [0.5, 0.6) is 0 Å². The van der Waals surface area contributed by atoms with Crippen LogP contribution in [0.15, 0.2) is 36.0 Å². The molecule has 1 aromatic rings. The van der Waals surface area contributed by atoms with Gasteiger partial charge in [0.15, 0.2) is 0 Å². The van der Waals surface area contributed by atoms with Crippen LogP contribution in [0.1, 0.15) is 25.0 Å². The van der Waals surface area contributed by atoms with Gasteiger partial charge in [0.05, 0.1) is 5.69 Å². The smallest absolute Gasteiger partial charge is 0.0706 e. The number of hydrogen-bond acceptors (Lipinski definition) is 3. The minimum Gasteiger partial charge on any atom is -0.394 e. The molecule has 0 spiro atoms. The summed E-state index contributed by atoms with van der Waals surface area (Å²) in [4.78, 5) is 4.52. The van der Waals surface area contributed by atoms with Crippen LogP contribution in [-0.4, -0.2) is 19.3 Å². The first kappa shape index (κ1) is 14.2. The third-order valence-corrected chi connectivity index (χ3v) is 2.50. The molecule has 0 amide bonds. The molecule has 0 aliphatic carbocycles. The van der Waals surface area contributed by atoms with Crippen molar-refractivity contribution in [3.05, 3.63) is 42.1 Å². The Kier molecular flexibility index (Phi) is 5.33. The molecule has 1 rings (SSSR count). The highest BCUT2D eigenvalue weighted by molar-refractivity contribution is 5.84. The molecular weight excluding hydrogens is 222 g/mol. The number of aliphatic imine (C=N–C) groups is 1. The van der Waals surface area contributed by atoms with Crippen LogP contribution in [0.25, 0.3) is 11.6 Å². The molecule has 0 heterocycles. The SMILES string of the molecule is C=Cc1ccc(/C(=C/NC)CN)cc1N=C(C)C. The molecule has 3 N–H and O–H groups in total. The zero-order valence-electron chi connectivity index (χ0n) is 11.3. The highest BCUT2D eigenvalue weighted by Gasteiger charge is 2.04. The Morgan fingerprint density at radius 2 is 2.17 bits per heavy atom. The number of nitrogens with two attached hydrogens (primary N) is 1. The highest BCUT2D eigenvalue weighted by Crippen LogP contribution is 2.25. The third kappa shape index (κ3) is 3.57. The molecule has 0 atom stereocenters. The number of benzene rings is 1. The van der Waals surface area contributed by atoms with Gasteiger partial charge in [-0.15, -0.1) is 0 Å². The fraction of sp³-hybridized carbons (Fsp3) is 0.267. The van der Waals surface area contributed by atoms with Crippen LogP contribution in [0, 0.1) is 0 Å².